The average molecular weight is 369 g/mol. The predicted octanol–water partition coefficient (Wildman–Crippen LogP) is 2.36. The van der Waals surface area contributed by atoms with Crippen molar-refractivity contribution in [3.05, 3.63) is 40.9 Å². The molecule has 142 valence electrons. The van der Waals surface area contributed by atoms with Crippen molar-refractivity contribution in [3.63, 3.8) is 0 Å². The van der Waals surface area contributed by atoms with E-state index in [1.807, 2.05) is 24.3 Å². The molecule has 1 fully saturated rings. The van der Waals surface area contributed by atoms with E-state index in [1.165, 1.54) is 0 Å². The van der Waals surface area contributed by atoms with E-state index in [-0.39, 0.29) is 17.8 Å². The molecule has 3 aromatic rings. The van der Waals surface area contributed by atoms with Gasteiger partial charge in [-0.1, -0.05) is 0 Å². The molecule has 2 aromatic heterocycles. The molecule has 0 atom stereocenters. The van der Waals surface area contributed by atoms with Crippen molar-refractivity contribution in [2.45, 2.75) is 37.8 Å². The van der Waals surface area contributed by atoms with Gasteiger partial charge in [0, 0.05) is 18.8 Å². The number of nitrogens with one attached hydrogen (secondary N) is 1. The van der Waals surface area contributed by atoms with Crippen LogP contribution < -0.4 is 15.7 Å². The van der Waals surface area contributed by atoms with Gasteiger partial charge < -0.3 is 15.2 Å². The Hall–Kier alpha value is -2.87. The number of anilines is 2. The fraction of sp³-hybridized carbons (Fsp3) is 0.421. The van der Waals surface area contributed by atoms with Crippen LogP contribution in [0, 0.1) is 0 Å². The molecular formula is C19H23N5O3. The number of hydrogen-bond donors (Lipinski definition) is 2. The SMILES string of the molecule is COc1ccc(Nc2ncc3c(n2)n(C2CCC(O)CC2)c(=O)n3C)cc1. The summed E-state index contributed by atoms with van der Waals surface area (Å²) in [6, 6.07) is 7.52. The normalized spacial score (nSPS) is 20.0. The van der Waals surface area contributed by atoms with Crippen molar-refractivity contribution in [1.82, 2.24) is 19.1 Å². The maximum Gasteiger partial charge on any atom is 0.330 e. The molecule has 27 heavy (non-hydrogen) atoms. The average Bonchev–Trinajstić information content (AvgIpc) is 2.93. The molecule has 1 aromatic carbocycles. The Kier molecular flexibility index (Phi) is 4.57. The van der Waals surface area contributed by atoms with Gasteiger partial charge in [-0.25, -0.2) is 9.78 Å². The van der Waals surface area contributed by atoms with Gasteiger partial charge in [0.1, 0.15) is 11.3 Å². The number of rotatable bonds is 4. The molecule has 8 heteroatoms. The molecule has 0 bridgehead atoms. The lowest BCUT2D eigenvalue weighted by atomic mass is 9.93. The topological polar surface area (TPSA) is 94.2 Å². The molecule has 8 nitrogen and oxygen atoms in total. The number of fused-ring (bicyclic) bond motifs is 1. The summed E-state index contributed by atoms with van der Waals surface area (Å²) in [5.74, 6) is 1.20. The lowest BCUT2D eigenvalue weighted by molar-refractivity contribution is 0.110. The smallest absolute Gasteiger partial charge is 0.330 e. The maximum atomic E-state index is 12.8. The summed E-state index contributed by atoms with van der Waals surface area (Å²) in [7, 11) is 3.36. The zero-order valence-corrected chi connectivity index (χ0v) is 15.4. The first-order valence-electron chi connectivity index (χ1n) is 9.10. The molecule has 0 radical (unpaired) electrons. The number of benzene rings is 1. The van der Waals surface area contributed by atoms with Gasteiger partial charge in [0.15, 0.2) is 5.65 Å². The molecule has 1 aliphatic carbocycles. The molecule has 4 rings (SSSR count). The number of aliphatic hydroxyl groups is 1. The second kappa shape index (κ2) is 7.03. The first kappa shape index (κ1) is 17.5. The van der Waals surface area contributed by atoms with Crippen LogP contribution in [0.15, 0.2) is 35.3 Å². The lowest BCUT2D eigenvalue weighted by Crippen LogP contribution is -2.30. The van der Waals surface area contributed by atoms with Gasteiger partial charge in [0.2, 0.25) is 5.95 Å². The molecule has 2 N–H and O–H groups in total. The molecule has 0 saturated heterocycles. The zero-order valence-electron chi connectivity index (χ0n) is 15.4. The van der Waals surface area contributed by atoms with E-state index in [2.05, 4.69) is 15.3 Å². The van der Waals surface area contributed by atoms with Crippen molar-refractivity contribution >= 4 is 22.8 Å². The van der Waals surface area contributed by atoms with Crippen LogP contribution in [0.3, 0.4) is 0 Å². The van der Waals surface area contributed by atoms with E-state index in [0.717, 1.165) is 24.3 Å². The Morgan fingerprint density at radius 1 is 1.19 bits per heavy atom. The van der Waals surface area contributed by atoms with Crippen molar-refractivity contribution < 1.29 is 9.84 Å². The third-order valence-corrected chi connectivity index (χ3v) is 5.21. The van der Waals surface area contributed by atoms with Crippen LogP contribution >= 0.6 is 0 Å². The molecule has 1 aliphatic rings. The third kappa shape index (κ3) is 3.28. The first-order chi connectivity index (χ1) is 13.1. The highest BCUT2D eigenvalue weighted by molar-refractivity contribution is 5.73. The largest absolute Gasteiger partial charge is 0.497 e. The van der Waals surface area contributed by atoms with E-state index >= 15 is 0 Å². The summed E-state index contributed by atoms with van der Waals surface area (Å²) in [5, 5.41) is 12.9. The van der Waals surface area contributed by atoms with Crippen molar-refractivity contribution in [1.29, 1.82) is 0 Å². The van der Waals surface area contributed by atoms with Crippen molar-refractivity contribution in [3.8, 4) is 5.75 Å². The minimum atomic E-state index is -0.270. The minimum Gasteiger partial charge on any atom is -0.497 e. The van der Waals surface area contributed by atoms with E-state index in [9.17, 15) is 9.90 Å². The Morgan fingerprint density at radius 2 is 1.89 bits per heavy atom. The Balaban J connectivity index is 1.70. The van der Waals surface area contributed by atoms with Crippen LogP contribution in [0.5, 0.6) is 5.75 Å². The van der Waals surface area contributed by atoms with E-state index in [4.69, 9.17) is 4.74 Å². The van der Waals surface area contributed by atoms with Gasteiger partial charge in [-0.05, 0) is 49.9 Å². The van der Waals surface area contributed by atoms with Gasteiger partial charge in [-0.15, -0.1) is 0 Å². The van der Waals surface area contributed by atoms with E-state index in [1.54, 1.807) is 29.5 Å². The van der Waals surface area contributed by atoms with Crippen LogP contribution in [-0.4, -0.2) is 37.4 Å². The van der Waals surface area contributed by atoms with Crippen LogP contribution in [0.25, 0.3) is 11.2 Å². The maximum absolute atomic E-state index is 12.8. The quantitative estimate of drug-likeness (QED) is 0.733. The predicted molar refractivity (Wildman–Crippen MR) is 103 cm³/mol. The lowest BCUT2D eigenvalue weighted by Gasteiger charge is -2.26. The molecule has 0 spiro atoms. The van der Waals surface area contributed by atoms with Crippen LogP contribution in [0.4, 0.5) is 11.6 Å². The first-order valence-corrected chi connectivity index (χ1v) is 9.10. The number of aliphatic hydroxyl groups excluding tert-OH is 1. The Labute approximate surface area is 156 Å². The summed E-state index contributed by atoms with van der Waals surface area (Å²) in [5.41, 5.74) is 2.06. The highest BCUT2D eigenvalue weighted by atomic mass is 16.5. The van der Waals surface area contributed by atoms with Crippen LogP contribution in [0.1, 0.15) is 31.7 Å². The molecule has 0 unspecified atom stereocenters. The number of aryl methyl sites for hydroxylation is 1. The highest BCUT2D eigenvalue weighted by Crippen LogP contribution is 2.30. The molecule has 0 amide bonds. The molecule has 0 aliphatic heterocycles. The number of ether oxygens (including phenoxy) is 1. The molecule has 2 heterocycles. The van der Waals surface area contributed by atoms with E-state index < -0.39 is 0 Å². The molecule has 1 saturated carbocycles. The van der Waals surface area contributed by atoms with Crippen LogP contribution in [0.2, 0.25) is 0 Å². The second-order valence-corrected chi connectivity index (χ2v) is 6.93. The van der Waals surface area contributed by atoms with Gasteiger partial charge in [0.05, 0.1) is 19.4 Å². The summed E-state index contributed by atoms with van der Waals surface area (Å²) >= 11 is 0. The number of imidazole rings is 1. The number of aromatic nitrogens is 4. The highest BCUT2D eigenvalue weighted by Gasteiger charge is 2.25. The van der Waals surface area contributed by atoms with Crippen molar-refractivity contribution in [2.75, 3.05) is 12.4 Å². The fourth-order valence-electron chi connectivity index (χ4n) is 3.64. The summed E-state index contributed by atoms with van der Waals surface area (Å²) in [6.07, 6.45) is 4.35. The second-order valence-electron chi connectivity index (χ2n) is 6.93. The van der Waals surface area contributed by atoms with Gasteiger partial charge in [0.25, 0.3) is 0 Å². The molecular weight excluding hydrogens is 346 g/mol. The summed E-state index contributed by atoms with van der Waals surface area (Å²) < 4.78 is 8.50. The van der Waals surface area contributed by atoms with Gasteiger partial charge >= 0.3 is 5.69 Å². The number of methoxy groups -OCH3 is 1. The standard InChI is InChI=1S/C19H23N5O3/c1-23-16-11-20-18(21-12-3-9-15(27-2)10-4-12)22-17(16)24(19(23)26)13-5-7-14(25)8-6-13/h3-4,9-11,13-14,25H,5-8H2,1-2H3,(H,20,21,22). The summed E-state index contributed by atoms with van der Waals surface area (Å²) in [6.45, 7) is 0. The Bertz CT molecular complexity index is 1000. The zero-order chi connectivity index (χ0) is 19.0. The number of hydrogen-bond acceptors (Lipinski definition) is 6. The van der Waals surface area contributed by atoms with Gasteiger partial charge in [-0.2, -0.15) is 4.98 Å². The monoisotopic (exact) mass is 369 g/mol. The summed E-state index contributed by atoms with van der Waals surface area (Å²) in [4.78, 5) is 21.7. The third-order valence-electron chi connectivity index (χ3n) is 5.21. The number of nitrogens with zero attached hydrogens (tertiary/aromatic N) is 4. The Morgan fingerprint density at radius 3 is 2.56 bits per heavy atom. The van der Waals surface area contributed by atoms with Gasteiger partial charge in [-0.3, -0.25) is 9.13 Å². The van der Waals surface area contributed by atoms with Crippen LogP contribution in [-0.2, 0) is 7.05 Å². The fourth-order valence-corrected chi connectivity index (χ4v) is 3.64. The van der Waals surface area contributed by atoms with E-state index in [0.29, 0.717) is 30.0 Å². The minimum absolute atomic E-state index is 0.0494. The van der Waals surface area contributed by atoms with Crippen molar-refractivity contribution in [2.24, 2.45) is 7.05 Å².